The van der Waals surface area contributed by atoms with Crippen LogP contribution in [0.1, 0.15) is 26.7 Å². The molecule has 0 spiro atoms. The zero-order chi connectivity index (χ0) is 8.69. The summed E-state index contributed by atoms with van der Waals surface area (Å²) in [5.74, 6) is 1.71. The van der Waals surface area contributed by atoms with Gasteiger partial charge in [-0.2, -0.15) is 0 Å². The van der Waals surface area contributed by atoms with Crippen LogP contribution in [0.25, 0.3) is 0 Å². The lowest BCUT2D eigenvalue weighted by atomic mass is 10.1. The van der Waals surface area contributed by atoms with Crippen molar-refractivity contribution in [2.75, 3.05) is 12.0 Å². The third kappa shape index (κ3) is 5.62. The van der Waals surface area contributed by atoms with Gasteiger partial charge in [0, 0.05) is 5.75 Å². The summed E-state index contributed by atoms with van der Waals surface area (Å²) in [7, 11) is 0. The molecule has 1 nitrogen and oxygen atoms in total. The second-order valence-electron chi connectivity index (χ2n) is 2.45. The summed E-state index contributed by atoms with van der Waals surface area (Å²) in [6.07, 6.45) is 4.21. The topological polar surface area (TPSA) is 17.1 Å². The fraction of sp³-hybridized carbons (Fsp3) is 0.875. The summed E-state index contributed by atoms with van der Waals surface area (Å²) in [5, 5.41) is 0. The Kier molecular flexibility index (Phi) is 7.28. The van der Waals surface area contributed by atoms with E-state index in [2.05, 4.69) is 13.8 Å². The average molecular weight is 192 g/mol. The molecule has 0 aliphatic carbocycles. The van der Waals surface area contributed by atoms with E-state index in [1.807, 2.05) is 6.26 Å². The molecular formula is C8H16OS2. The summed E-state index contributed by atoms with van der Waals surface area (Å²) >= 11 is 2.77. The third-order valence-electron chi connectivity index (χ3n) is 1.76. The van der Waals surface area contributed by atoms with Crippen molar-refractivity contribution >= 4 is 28.0 Å². The van der Waals surface area contributed by atoms with E-state index in [4.69, 9.17) is 0 Å². The van der Waals surface area contributed by atoms with Crippen molar-refractivity contribution in [1.82, 2.24) is 0 Å². The lowest BCUT2D eigenvalue weighted by Crippen LogP contribution is -2.01. The predicted molar refractivity (Wildman–Crippen MR) is 55.4 cm³/mol. The first-order chi connectivity index (χ1) is 5.24. The van der Waals surface area contributed by atoms with Crippen LogP contribution >= 0.6 is 23.5 Å². The fourth-order valence-electron chi connectivity index (χ4n) is 0.769. The maximum absolute atomic E-state index is 10.9. The van der Waals surface area contributed by atoms with Gasteiger partial charge in [0.2, 0.25) is 4.45 Å². The highest BCUT2D eigenvalue weighted by Crippen LogP contribution is 2.20. The average Bonchev–Trinajstić information content (AvgIpc) is 2.06. The maximum Gasteiger partial charge on any atom is 0.245 e. The van der Waals surface area contributed by atoms with Crippen molar-refractivity contribution in [3.05, 3.63) is 0 Å². The molecule has 0 aliphatic heterocycles. The Morgan fingerprint density at radius 3 is 2.27 bits per heavy atom. The third-order valence-corrected chi connectivity index (χ3v) is 3.82. The molecule has 0 N–H and O–H groups in total. The molecule has 0 saturated heterocycles. The van der Waals surface area contributed by atoms with Crippen LogP contribution in [0.3, 0.4) is 0 Å². The van der Waals surface area contributed by atoms with Crippen LogP contribution in [-0.4, -0.2) is 16.5 Å². The van der Waals surface area contributed by atoms with E-state index in [-0.39, 0.29) is 4.45 Å². The first-order valence-corrected chi connectivity index (χ1v) is 6.16. The van der Waals surface area contributed by atoms with Crippen molar-refractivity contribution in [2.24, 2.45) is 5.92 Å². The van der Waals surface area contributed by atoms with Gasteiger partial charge in [0.15, 0.2) is 0 Å². The SMILES string of the molecule is CCC(CC)CSC(=O)SC. The van der Waals surface area contributed by atoms with Crippen LogP contribution in [0.5, 0.6) is 0 Å². The highest BCUT2D eigenvalue weighted by atomic mass is 32.2. The Bertz CT molecular complexity index is 111. The number of hydrogen-bond donors (Lipinski definition) is 0. The van der Waals surface area contributed by atoms with Crippen LogP contribution in [0.15, 0.2) is 0 Å². The minimum absolute atomic E-state index is 0.247. The van der Waals surface area contributed by atoms with Gasteiger partial charge in [-0.1, -0.05) is 50.2 Å². The van der Waals surface area contributed by atoms with Gasteiger partial charge in [0.25, 0.3) is 0 Å². The summed E-state index contributed by atoms with van der Waals surface area (Å²) < 4.78 is 0.247. The number of hydrogen-bond acceptors (Lipinski definition) is 3. The molecule has 0 fully saturated rings. The zero-order valence-electron chi connectivity index (χ0n) is 7.42. The van der Waals surface area contributed by atoms with Gasteiger partial charge in [0.05, 0.1) is 0 Å². The quantitative estimate of drug-likeness (QED) is 0.677. The summed E-state index contributed by atoms with van der Waals surface area (Å²) in [6, 6.07) is 0. The number of carbonyl (C=O) groups excluding carboxylic acids is 1. The molecule has 0 heterocycles. The Hall–Kier alpha value is 0.370. The molecule has 0 aromatic heterocycles. The van der Waals surface area contributed by atoms with Crippen LogP contribution in [0.2, 0.25) is 0 Å². The second-order valence-corrected chi connectivity index (χ2v) is 4.48. The number of carbonyl (C=O) groups is 1. The summed E-state index contributed by atoms with van der Waals surface area (Å²) in [6.45, 7) is 4.36. The van der Waals surface area contributed by atoms with Crippen LogP contribution in [0.4, 0.5) is 4.79 Å². The Morgan fingerprint density at radius 2 is 1.91 bits per heavy atom. The lowest BCUT2D eigenvalue weighted by molar-refractivity contribution is 0.276. The largest absolute Gasteiger partial charge is 0.274 e. The van der Waals surface area contributed by atoms with E-state index >= 15 is 0 Å². The van der Waals surface area contributed by atoms with E-state index in [0.717, 1.165) is 11.7 Å². The normalized spacial score (nSPS) is 10.5. The van der Waals surface area contributed by atoms with Gasteiger partial charge in [0.1, 0.15) is 0 Å². The van der Waals surface area contributed by atoms with E-state index in [1.165, 1.54) is 36.4 Å². The number of thioether (sulfide) groups is 2. The second kappa shape index (κ2) is 7.04. The Labute approximate surface area is 77.7 Å². The van der Waals surface area contributed by atoms with Crippen molar-refractivity contribution in [1.29, 1.82) is 0 Å². The molecule has 0 saturated carbocycles. The van der Waals surface area contributed by atoms with E-state index < -0.39 is 0 Å². The first kappa shape index (κ1) is 11.4. The smallest absolute Gasteiger partial charge is 0.245 e. The molecule has 0 bridgehead atoms. The monoisotopic (exact) mass is 192 g/mol. The van der Waals surface area contributed by atoms with Crippen LogP contribution in [0, 0.1) is 5.92 Å². The predicted octanol–water partition coefficient (Wildman–Crippen LogP) is 3.64. The molecule has 0 aromatic rings. The molecule has 0 rings (SSSR count). The van der Waals surface area contributed by atoms with Crippen LogP contribution in [-0.2, 0) is 0 Å². The Morgan fingerprint density at radius 1 is 1.36 bits per heavy atom. The zero-order valence-corrected chi connectivity index (χ0v) is 9.06. The van der Waals surface area contributed by atoms with Crippen LogP contribution < -0.4 is 0 Å². The van der Waals surface area contributed by atoms with Gasteiger partial charge < -0.3 is 0 Å². The molecule has 0 amide bonds. The van der Waals surface area contributed by atoms with Gasteiger partial charge >= 0.3 is 0 Å². The van der Waals surface area contributed by atoms with Gasteiger partial charge in [-0.15, -0.1) is 0 Å². The Balaban J connectivity index is 3.42. The van der Waals surface area contributed by atoms with Crippen molar-refractivity contribution < 1.29 is 4.79 Å². The molecule has 0 unspecified atom stereocenters. The minimum Gasteiger partial charge on any atom is -0.274 e. The minimum atomic E-state index is 0.247. The molecule has 0 aromatic carbocycles. The van der Waals surface area contributed by atoms with Gasteiger partial charge in [-0.25, -0.2) is 0 Å². The molecule has 11 heavy (non-hydrogen) atoms. The molecular weight excluding hydrogens is 176 g/mol. The number of rotatable bonds is 4. The van der Waals surface area contributed by atoms with E-state index in [1.54, 1.807) is 0 Å². The molecule has 0 aliphatic rings. The van der Waals surface area contributed by atoms with E-state index in [0.29, 0.717) is 0 Å². The molecule has 3 heteroatoms. The highest BCUT2D eigenvalue weighted by Gasteiger charge is 2.06. The molecule has 0 atom stereocenters. The molecule has 0 radical (unpaired) electrons. The van der Waals surface area contributed by atoms with E-state index in [9.17, 15) is 4.79 Å². The highest BCUT2D eigenvalue weighted by molar-refractivity contribution is 8.38. The lowest BCUT2D eigenvalue weighted by Gasteiger charge is -2.09. The van der Waals surface area contributed by atoms with Crippen molar-refractivity contribution in [2.45, 2.75) is 26.7 Å². The fourth-order valence-corrected chi connectivity index (χ4v) is 2.29. The van der Waals surface area contributed by atoms with Gasteiger partial charge in [-0.05, 0) is 12.2 Å². The molecule has 66 valence electrons. The van der Waals surface area contributed by atoms with Crippen molar-refractivity contribution in [3.8, 4) is 0 Å². The summed E-state index contributed by atoms with van der Waals surface area (Å²) in [5.41, 5.74) is 0. The standard InChI is InChI=1S/C8H16OS2/c1-4-7(5-2)6-11-8(9)10-3/h7H,4-6H2,1-3H3. The van der Waals surface area contributed by atoms with Gasteiger partial charge in [-0.3, -0.25) is 4.79 Å². The summed E-state index contributed by atoms with van der Waals surface area (Å²) in [4.78, 5) is 10.9. The van der Waals surface area contributed by atoms with Crippen molar-refractivity contribution in [3.63, 3.8) is 0 Å². The first-order valence-electron chi connectivity index (χ1n) is 3.95. The maximum atomic E-state index is 10.9.